The third kappa shape index (κ3) is 5.17. The largest absolute Gasteiger partial charge is 0.489 e. The number of hydrogen-bond acceptors (Lipinski definition) is 3. The highest BCUT2D eigenvalue weighted by Gasteiger charge is 2.58. The molecule has 3 aromatic carbocycles. The van der Waals surface area contributed by atoms with Crippen molar-refractivity contribution in [1.29, 1.82) is 0 Å². The Kier molecular flexibility index (Phi) is 7.12. The molecule has 0 heterocycles. The highest BCUT2D eigenvalue weighted by molar-refractivity contribution is 5.99. The topological polar surface area (TPSA) is 55.4 Å². The molecule has 4 heteroatoms. The number of anilines is 1. The second-order valence-electron chi connectivity index (χ2n) is 11.8. The van der Waals surface area contributed by atoms with Crippen LogP contribution in [0.5, 0.6) is 5.75 Å². The number of amides is 1. The molecule has 39 heavy (non-hydrogen) atoms. The lowest BCUT2D eigenvalue weighted by atomic mass is 9.54. The molecule has 2 saturated carbocycles. The molecular weight excluding hydrogens is 482 g/mol. The van der Waals surface area contributed by atoms with Gasteiger partial charge in [-0.15, -0.1) is 0 Å². The molecule has 1 amide bonds. The SMILES string of the molecule is C[C@]12CC[C@@H]3c4ccc(OCc5ccccc5)cc4CC[C@H]3[C@@H]1[C@@H](C/C=C/C(=O)Nc1ccccc1)CC2=O. The number of para-hydroxylation sites is 1. The fraction of sp³-hybridized carbons (Fsp3) is 0.371. The molecule has 1 N–H and O–H groups in total. The number of aryl methyl sites for hydroxylation is 1. The number of ether oxygens (including phenoxy) is 1. The first-order valence-electron chi connectivity index (χ1n) is 14.4. The lowest BCUT2D eigenvalue weighted by Crippen LogP contribution is -2.44. The summed E-state index contributed by atoms with van der Waals surface area (Å²) in [5.41, 5.74) is 4.59. The number of carbonyl (C=O) groups is 2. The fourth-order valence-corrected chi connectivity index (χ4v) is 7.72. The van der Waals surface area contributed by atoms with Gasteiger partial charge < -0.3 is 10.1 Å². The number of ketones is 1. The van der Waals surface area contributed by atoms with Crippen LogP contribution < -0.4 is 10.1 Å². The Hall–Kier alpha value is -3.66. The maximum absolute atomic E-state index is 13.3. The normalized spacial score (nSPS) is 27.5. The first-order chi connectivity index (χ1) is 19.0. The monoisotopic (exact) mass is 519 g/mol. The smallest absolute Gasteiger partial charge is 0.248 e. The van der Waals surface area contributed by atoms with Gasteiger partial charge >= 0.3 is 0 Å². The first-order valence-corrected chi connectivity index (χ1v) is 14.4. The van der Waals surface area contributed by atoms with Crippen LogP contribution in [0.2, 0.25) is 0 Å². The molecular formula is C35H37NO3. The zero-order chi connectivity index (χ0) is 26.8. The first kappa shape index (κ1) is 25.6. The lowest BCUT2D eigenvalue weighted by molar-refractivity contribution is -0.129. The van der Waals surface area contributed by atoms with Crippen LogP contribution in [-0.4, -0.2) is 11.7 Å². The van der Waals surface area contributed by atoms with Crippen molar-refractivity contribution in [1.82, 2.24) is 0 Å². The standard InChI is InChI=1S/C35H37NO3/c1-35-20-19-30-29-18-16-28(39-23-24-9-4-2-5-10-24)21-25(29)15-17-31(30)34(35)26(22-32(35)37)11-8-14-33(38)36-27-12-6-3-7-13-27/h2-10,12-14,16,18,21,26,30-31,34H,11,15,17,19-20,22-23H2,1H3,(H,36,38)/b14-8+/t26-,30+,31+,34-,35+/m0/s1. The maximum atomic E-state index is 13.3. The van der Waals surface area contributed by atoms with Gasteiger partial charge in [0.05, 0.1) is 0 Å². The van der Waals surface area contributed by atoms with Crippen molar-refractivity contribution in [2.75, 3.05) is 5.32 Å². The Labute approximate surface area is 231 Å². The summed E-state index contributed by atoms with van der Waals surface area (Å²) in [6, 6.07) is 26.5. The molecule has 0 aliphatic heterocycles. The van der Waals surface area contributed by atoms with Crippen molar-refractivity contribution in [3.63, 3.8) is 0 Å². The van der Waals surface area contributed by atoms with Gasteiger partial charge in [0.25, 0.3) is 0 Å². The molecule has 200 valence electrons. The van der Waals surface area contributed by atoms with E-state index in [1.807, 2.05) is 54.6 Å². The maximum Gasteiger partial charge on any atom is 0.248 e. The zero-order valence-corrected chi connectivity index (χ0v) is 22.6. The van der Waals surface area contributed by atoms with Crippen LogP contribution >= 0.6 is 0 Å². The average molecular weight is 520 g/mol. The Morgan fingerprint density at radius 3 is 2.59 bits per heavy atom. The van der Waals surface area contributed by atoms with Crippen LogP contribution in [-0.2, 0) is 22.6 Å². The van der Waals surface area contributed by atoms with Gasteiger partial charge in [-0.25, -0.2) is 0 Å². The number of fused-ring (bicyclic) bond motifs is 5. The third-order valence-corrected chi connectivity index (χ3v) is 9.54. The van der Waals surface area contributed by atoms with Crippen molar-refractivity contribution in [3.8, 4) is 5.75 Å². The summed E-state index contributed by atoms with van der Waals surface area (Å²) in [5.74, 6) is 2.91. The quantitative estimate of drug-likeness (QED) is 0.329. The van der Waals surface area contributed by atoms with E-state index in [4.69, 9.17) is 4.74 Å². The van der Waals surface area contributed by atoms with Gasteiger partial charge in [0, 0.05) is 17.5 Å². The molecule has 4 nitrogen and oxygen atoms in total. The number of benzene rings is 3. The van der Waals surface area contributed by atoms with Gasteiger partial charge in [-0.1, -0.05) is 67.6 Å². The molecule has 5 atom stereocenters. The van der Waals surface area contributed by atoms with Crippen molar-refractivity contribution in [2.24, 2.45) is 23.2 Å². The van der Waals surface area contributed by atoms with Crippen LogP contribution in [0.3, 0.4) is 0 Å². The van der Waals surface area contributed by atoms with E-state index < -0.39 is 0 Å². The summed E-state index contributed by atoms with van der Waals surface area (Å²) in [4.78, 5) is 25.8. The minimum absolute atomic E-state index is 0.119. The van der Waals surface area contributed by atoms with E-state index in [0.29, 0.717) is 42.5 Å². The highest BCUT2D eigenvalue weighted by Crippen LogP contribution is 2.62. The molecule has 0 aromatic heterocycles. The molecule has 0 unspecified atom stereocenters. The van der Waals surface area contributed by atoms with Gasteiger partial charge in [-0.2, -0.15) is 0 Å². The molecule has 0 radical (unpaired) electrons. The summed E-state index contributed by atoms with van der Waals surface area (Å²) in [6.07, 6.45) is 9.20. The molecule has 3 aromatic rings. The Morgan fingerprint density at radius 2 is 1.79 bits per heavy atom. The number of rotatable bonds is 7. The number of hydrogen-bond donors (Lipinski definition) is 1. The molecule has 2 fully saturated rings. The van der Waals surface area contributed by atoms with Gasteiger partial charge in [0.1, 0.15) is 18.1 Å². The fourth-order valence-electron chi connectivity index (χ4n) is 7.72. The number of allylic oxidation sites excluding steroid dienone is 1. The van der Waals surface area contributed by atoms with Gasteiger partial charge in [-0.05, 0) is 103 Å². The van der Waals surface area contributed by atoms with Crippen LogP contribution in [0.15, 0.2) is 91.0 Å². The number of carbonyl (C=O) groups excluding carboxylic acids is 2. The minimum Gasteiger partial charge on any atom is -0.489 e. The van der Waals surface area contributed by atoms with Crippen molar-refractivity contribution in [2.45, 2.75) is 58.0 Å². The van der Waals surface area contributed by atoms with Crippen LogP contribution in [0, 0.1) is 23.2 Å². The predicted molar refractivity (Wildman–Crippen MR) is 155 cm³/mol. The van der Waals surface area contributed by atoms with E-state index >= 15 is 0 Å². The molecule has 3 aliphatic carbocycles. The molecule has 0 spiro atoms. The Morgan fingerprint density at radius 1 is 1.03 bits per heavy atom. The number of nitrogens with one attached hydrogen (secondary N) is 1. The van der Waals surface area contributed by atoms with Crippen molar-refractivity contribution >= 4 is 17.4 Å². The van der Waals surface area contributed by atoms with E-state index in [2.05, 4.69) is 42.6 Å². The highest BCUT2D eigenvalue weighted by atomic mass is 16.5. The van der Waals surface area contributed by atoms with Crippen molar-refractivity contribution < 1.29 is 14.3 Å². The van der Waals surface area contributed by atoms with Gasteiger partial charge in [-0.3, -0.25) is 9.59 Å². The van der Waals surface area contributed by atoms with Gasteiger partial charge in [0.2, 0.25) is 5.91 Å². The molecule has 3 aliphatic rings. The van der Waals surface area contributed by atoms with Crippen LogP contribution in [0.25, 0.3) is 0 Å². The van der Waals surface area contributed by atoms with E-state index in [1.54, 1.807) is 6.08 Å². The van der Waals surface area contributed by atoms with E-state index in [-0.39, 0.29) is 11.3 Å². The van der Waals surface area contributed by atoms with E-state index in [1.165, 1.54) is 16.7 Å². The average Bonchev–Trinajstić information content (AvgIpc) is 3.22. The van der Waals surface area contributed by atoms with E-state index in [9.17, 15) is 9.59 Å². The lowest BCUT2D eigenvalue weighted by Gasteiger charge is -2.50. The summed E-state index contributed by atoms with van der Waals surface area (Å²) in [5, 5.41) is 2.92. The summed E-state index contributed by atoms with van der Waals surface area (Å²) >= 11 is 0. The van der Waals surface area contributed by atoms with Crippen LogP contribution in [0.4, 0.5) is 5.69 Å². The zero-order valence-electron chi connectivity index (χ0n) is 22.6. The summed E-state index contributed by atoms with van der Waals surface area (Å²) < 4.78 is 6.13. The Balaban J connectivity index is 1.15. The molecule has 6 rings (SSSR count). The van der Waals surface area contributed by atoms with E-state index in [0.717, 1.165) is 43.5 Å². The predicted octanol–water partition coefficient (Wildman–Crippen LogP) is 7.50. The third-order valence-electron chi connectivity index (χ3n) is 9.54. The molecule has 0 saturated heterocycles. The minimum atomic E-state index is -0.234. The summed E-state index contributed by atoms with van der Waals surface area (Å²) in [6.45, 7) is 2.80. The molecule has 0 bridgehead atoms. The second kappa shape index (κ2) is 10.8. The second-order valence-corrected chi connectivity index (χ2v) is 11.8. The Bertz CT molecular complexity index is 1370. The number of Topliss-reactive ketones (excluding diaryl/α,β-unsaturated/α-hetero) is 1. The van der Waals surface area contributed by atoms with Gasteiger partial charge in [0.15, 0.2) is 0 Å². The van der Waals surface area contributed by atoms with Crippen molar-refractivity contribution in [3.05, 3.63) is 108 Å². The van der Waals surface area contributed by atoms with Crippen LogP contribution in [0.1, 0.15) is 61.6 Å². The summed E-state index contributed by atoms with van der Waals surface area (Å²) in [7, 11) is 0.